The first-order valence-corrected chi connectivity index (χ1v) is 15.0. The van der Waals surface area contributed by atoms with Gasteiger partial charge in [0.15, 0.2) is 9.84 Å². The smallest absolute Gasteiger partial charge is 0.150 e. The fraction of sp³-hybridized carbons (Fsp3) is 0.552. The second-order valence-electron chi connectivity index (χ2n) is 10.6. The van der Waals surface area contributed by atoms with Gasteiger partial charge in [-0.15, -0.1) is 0 Å². The lowest BCUT2D eigenvalue weighted by molar-refractivity contribution is 0.188. The van der Waals surface area contributed by atoms with Gasteiger partial charge >= 0.3 is 0 Å². The van der Waals surface area contributed by atoms with Crippen LogP contribution >= 0.6 is 0 Å². The number of aryl methyl sites for hydroxylation is 1. The van der Waals surface area contributed by atoms with Crippen molar-refractivity contribution in [1.82, 2.24) is 4.90 Å². The normalized spacial score (nSPS) is 22.5. The molecular formula is C29H36N2O3S. The first kappa shape index (κ1) is 24.3. The summed E-state index contributed by atoms with van der Waals surface area (Å²) < 4.78 is 30.5. The van der Waals surface area contributed by atoms with Crippen LogP contribution in [-0.2, 0) is 22.7 Å². The van der Waals surface area contributed by atoms with E-state index in [0.29, 0.717) is 42.2 Å². The van der Waals surface area contributed by atoms with E-state index in [1.807, 2.05) is 24.3 Å². The van der Waals surface area contributed by atoms with E-state index >= 15 is 0 Å². The van der Waals surface area contributed by atoms with Gasteiger partial charge in [0.05, 0.1) is 29.7 Å². The van der Waals surface area contributed by atoms with Gasteiger partial charge in [-0.1, -0.05) is 18.2 Å². The molecule has 1 heterocycles. The number of sulfone groups is 1. The van der Waals surface area contributed by atoms with Crippen molar-refractivity contribution < 1.29 is 13.2 Å². The highest BCUT2D eigenvalue weighted by atomic mass is 32.2. The Balaban J connectivity index is 1.31. The molecule has 35 heavy (non-hydrogen) atoms. The van der Waals surface area contributed by atoms with Gasteiger partial charge in [-0.25, -0.2) is 8.42 Å². The van der Waals surface area contributed by atoms with E-state index in [4.69, 9.17) is 4.74 Å². The molecule has 6 heteroatoms. The summed E-state index contributed by atoms with van der Waals surface area (Å²) in [7, 11) is -2.96. The molecule has 0 radical (unpaired) electrons. The van der Waals surface area contributed by atoms with Crippen LogP contribution in [-0.4, -0.2) is 50.6 Å². The minimum atomic E-state index is -2.96. The minimum Gasteiger partial charge on any atom is -0.494 e. The van der Waals surface area contributed by atoms with Crippen LogP contribution in [0, 0.1) is 17.2 Å². The van der Waals surface area contributed by atoms with Crippen LogP contribution in [0.15, 0.2) is 42.5 Å². The Kier molecular flexibility index (Phi) is 7.45. The Morgan fingerprint density at radius 2 is 1.89 bits per heavy atom. The Bertz CT molecular complexity index is 1180. The zero-order valence-corrected chi connectivity index (χ0v) is 21.3. The number of nitrogens with zero attached hydrogens (tertiary/aromatic N) is 2. The highest BCUT2D eigenvalue weighted by Crippen LogP contribution is 2.40. The summed E-state index contributed by atoms with van der Waals surface area (Å²) >= 11 is 0. The number of rotatable bonds is 10. The summed E-state index contributed by atoms with van der Waals surface area (Å²) in [5, 5.41) is 9.37. The number of fused-ring (bicyclic) bond motifs is 1. The van der Waals surface area contributed by atoms with E-state index in [1.54, 1.807) is 0 Å². The summed E-state index contributed by atoms with van der Waals surface area (Å²) in [6.45, 7) is 2.76. The van der Waals surface area contributed by atoms with E-state index in [1.165, 1.54) is 42.6 Å². The monoisotopic (exact) mass is 492 g/mol. The summed E-state index contributed by atoms with van der Waals surface area (Å²) in [5.74, 6) is 2.15. The van der Waals surface area contributed by atoms with Crippen molar-refractivity contribution in [2.75, 3.05) is 31.2 Å². The molecule has 0 aromatic heterocycles. The summed E-state index contributed by atoms with van der Waals surface area (Å²) in [4.78, 5) is 2.67. The van der Waals surface area contributed by atoms with E-state index in [-0.39, 0.29) is 5.75 Å². The van der Waals surface area contributed by atoms with Gasteiger partial charge in [0, 0.05) is 12.0 Å². The molecule has 0 amide bonds. The predicted molar refractivity (Wildman–Crippen MR) is 138 cm³/mol. The fourth-order valence-electron chi connectivity index (χ4n) is 5.92. The van der Waals surface area contributed by atoms with E-state index in [2.05, 4.69) is 29.2 Å². The van der Waals surface area contributed by atoms with Crippen molar-refractivity contribution in [3.63, 3.8) is 0 Å². The minimum absolute atomic E-state index is 0.212. The maximum absolute atomic E-state index is 12.2. The fourth-order valence-corrected chi connectivity index (χ4v) is 7.70. The van der Waals surface area contributed by atoms with Crippen molar-refractivity contribution in [2.24, 2.45) is 5.92 Å². The molecule has 0 spiro atoms. The van der Waals surface area contributed by atoms with Crippen LogP contribution in [0.1, 0.15) is 66.7 Å². The predicted octanol–water partition coefficient (Wildman–Crippen LogP) is 4.89. The summed E-state index contributed by atoms with van der Waals surface area (Å²) in [6, 6.07) is 17.2. The van der Waals surface area contributed by atoms with Gasteiger partial charge in [-0.3, -0.25) is 4.90 Å². The van der Waals surface area contributed by atoms with Crippen LogP contribution < -0.4 is 4.74 Å². The lowest BCUT2D eigenvalue weighted by Gasteiger charge is -2.39. The topological polar surface area (TPSA) is 70.4 Å². The molecule has 2 aliphatic carbocycles. The van der Waals surface area contributed by atoms with Crippen molar-refractivity contribution in [3.05, 3.63) is 64.7 Å². The lowest BCUT2D eigenvalue weighted by Crippen LogP contribution is -2.41. The third-order valence-electron chi connectivity index (χ3n) is 7.87. The maximum atomic E-state index is 12.2. The molecule has 2 aromatic carbocycles. The Hall–Kier alpha value is -2.36. The molecule has 2 fully saturated rings. The number of nitriles is 1. The number of benzene rings is 2. The highest BCUT2D eigenvalue weighted by molar-refractivity contribution is 7.91. The second-order valence-corrected chi connectivity index (χ2v) is 12.8. The van der Waals surface area contributed by atoms with Gasteiger partial charge in [-0.2, -0.15) is 5.26 Å². The van der Waals surface area contributed by atoms with Gasteiger partial charge in [0.1, 0.15) is 5.75 Å². The molecular weight excluding hydrogens is 456 g/mol. The molecule has 3 aliphatic rings. The van der Waals surface area contributed by atoms with Crippen LogP contribution in [0.25, 0.3) is 0 Å². The number of hydrogen-bond donors (Lipinski definition) is 0. The van der Waals surface area contributed by atoms with Gasteiger partial charge < -0.3 is 4.74 Å². The molecule has 186 valence electrons. The SMILES string of the molecule is N#Cc1cccc(CC2c3cc(OCCCS(=O)(=O)CC4CC4)ccc3CCC2N2CCCC2)c1. The lowest BCUT2D eigenvalue weighted by atomic mass is 9.75. The van der Waals surface area contributed by atoms with Crippen molar-refractivity contribution in [2.45, 2.75) is 63.3 Å². The largest absolute Gasteiger partial charge is 0.494 e. The van der Waals surface area contributed by atoms with Crippen molar-refractivity contribution in [1.29, 1.82) is 5.26 Å². The first-order chi connectivity index (χ1) is 17.0. The van der Waals surface area contributed by atoms with Crippen LogP contribution in [0.3, 0.4) is 0 Å². The van der Waals surface area contributed by atoms with Crippen LogP contribution in [0.5, 0.6) is 5.75 Å². The molecule has 1 saturated carbocycles. The third-order valence-corrected chi connectivity index (χ3v) is 9.76. The maximum Gasteiger partial charge on any atom is 0.150 e. The Morgan fingerprint density at radius 1 is 1.06 bits per heavy atom. The van der Waals surface area contributed by atoms with Crippen LogP contribution in [0.4, 0.5) is 0 Å². The molecule has 2 aromatic rings. The zero-order chi connectivity index (χ0) is 24.3. The molecule has 5 nitrogen and oxygen atoms in total. The highest BCUT2D eigenvalue weighted by Gasteiger charge is 2.35. The number of ether oxygens (including phenoxy) is 1. The Morgan fingerprint density at radius 3 is 2.66 bits per heavy atom. The number of hydrogen-bond acceptors (Lipinski definition) is 5. The molecule has 2 unspecified atom stereocenters. The van der Waals surface area contributed by atoms with E-state index in [0.717, 1.165) is 37.9 Å². The standard InChI is InChI=1S/C29H36N2O3S/c30-20-24-6-3-5-23(17-24)18-28-27-19-26(34-15-4-16-35(32,33)21-22-7-8-22)11-9-25(27)10-12-29(28)31-13-1-2-14-31/h3,5-6,9,11,17,19,22,28-29H,1-2,4,7-8,10,12-16,18,21H2. The second kappa shape index (κ2) is 10.7. The average molecular weight is 493 g/mol. The third kappa shape index (κ3) is 6.26. The van der Waals surface area contributed by atoms with Gasteiger partial charge in [-0.05, 0) is 111 Å². The van der Waals surface area contributed by atoms with Crippen LogP contribution in [0.2, 0.25) is 0 Å². The molecule has 0 N–H and O–H groups in total. The zero-order valence-electron chi connectivity index (χ0n) is 20.5. The molecule has 2 atom stereocenters. The number of likely N-dealkylation sites (tertiary alicyclic amines) is 1. The first-order valence-electron chi connectivity index (χ1n) is 13.2. The summed E-state index contributed by atoms with van der Waals surface area (Å²) in [5.41, 5.74) is 4.67. The molecule has 0 bridgehead atoms. The average Bonchev–Trinajstić information content (AvgIpc) is 3.49. The van der Waals surface area contributed by atoms with Crippen molar-refractivity contribution >= 4 is 9.84 Å². The molecule has 1 saturated heterocycles. The van der Waals surface area contributed by atoms with Crippen molar-refractivity contribution in [3.8, 4) is 11.8 Å². The quantitative estimate of drug-likeness (QED) is 0.442. The van der Waals surface area contributed by atoms with E-state index < -0.39 is 9.84 Å². The van der Waals surface area contributed by atoms with E-state index in [9.17, 15) is 13.7 Å². The van der Waals surface area contributed by atoms with Gasteiger partial charge in [0.2, 0.25) is 0 Å². The summed E-state index contributed by atoms with van der Waals surface area (Å²) in [6.07, 6.45) is 8.34. The Labute approximate surface area is 210 Å². The van der Waals surface area contributed by atoms with Gasteiger partial charge in [0.25, 0.3) is 0 Å². The molecule has 1 aliphatic heterocycles. The molecule has 5 rings (SSSR count).